The normalized spacial score (nSPS) is 10.6. The number of carbonyl (C=O) groups is 2. The lowest BCUT2D eigenvalue weighted by atomic mass is 10.2. The van der Waals surface area contributed by atoms with E-state index in [2.05, 4.69) is 15.4 Å². The monoisotopic (exact) mass is 412 g/mol. The maximum absolute atomic E-state index is 12.7. The van der Waals surface area contributed by atoms with Crippen LogP contribution in [0.1, 0.15) is 43.3 Å². The molecule has 0 spiro atoms. The number of anilines is 1. The third kappa shape index (κ3) is 4.40. The molecule has 150 valence electrons. The zero-order chi connectivity index (χ0) is 21.1. The van der Waals surface area contributed by atoms with Gasteiger partial charge in [0.15, 0.2) is 5.69 Å². The van der Waals surface area contributed by atoms with E-state index < -0.39 is 17.4 Å². The highest BCUT2D eigenvalue weighted by Gasteiger charge is 2.22. The predicted octanol–water partition coefficient (Wildman–Crippen LogP) is 3.04. The Morgan fingerprint density at radius 2 is 1.86 bits per heavy atom. The molecule has 1 amide bonds. The summed E-state index contributed by atoms with van der Waals surface area (Å²) < 4.78 is 6.16. The van der Waals surface area contributed by atoms with Gasteiger partial charge in [0, 0.05) is 6.07 Å². The molecule has 0 aliphatic heterocycles. The van der Waals surface area contributed by atoms with Crippen molar-refractivity contribution in [3.05, 3.63) is 67.5 Å². The molecule has 3 aromatic rings. The number of ether oxygens (including phenoxy) is 1. The van der Waals surface area contributed by atoms with Crippen molar-refractivity contribution in [2.45, 2.75) is 27.7 Å². The summed E-state index contributed by atoms with van der Waals surface area (Å²) in [6.45, 7) is 7.23. The molecule has 0 aliphatic carbocycles. The van der Waals surface area contributed by atoms with Crippen LogP contribution in [0.2, 0.25) is 0 Å². The molecule has 9 heteroatoms. The van der Waals surface area contributed by atoms with Crippen LogP contribution in [-0.2, 0) is 4.74 Å². The fourth-order valence-electron chi connectivity index (χ4n) is 2.69. The van der Waals surface area contributed by atoms with Crippen LogP contribution in [0.15, 0.2) is 35.1 Å². The van der Waals surface area contributed by atoms with Crippen molar-refractivity contribution < 1.29 is 14.3 Å². The summed E-state index contributed by atoms with van der Waals surface area (Å²) >= 11 is 1.23. The van der Waals surface area contributed by atoms with E-state index in [1.54, 1.807) is 32.9 Å². The third-order valence-electron chi connectivity index (χ3n) is 4.04. The molecule has 0 unspecified atom stereocenters. The Balaban J connectivity index is 2.06. The smallest absolute Gasteiger partial charge is 0.360 e. The first kappa shape index (κ1) is 20.4. The number of carbonyl (C=O) groups excluding carboxylic acids is 2. The molecule has 2 aromatic heterocycles. The molecular weight excluding hydrogens is 392 g/mol. The SMILES string of the molecule is CCOC(=O)c1nn(-c2ccc(C)cc2)c(=O)cc1NC(=O)c1sc(C)nc1C. The number of nitrogens with one attached hydrogen (secondary N) is 1. The molecule has 29 heavy (non-hydrogen) atoms. The maximum Gasteiger partial charge on any atom is 0.360 e. The second kappa shape index (κ2) is 8.36. The highest BCUT2D eigenvalue weighted by atomic mass is 32.1. The van der Waals surface area contributed by atoms with Gasteiger partial charge < -0.3 is 10.1 Å². The summed E-state index contributed by atoms with van der Waals surface area (Å²) in [5.41, 5.74) is 1.44. The molecule has 2 heterocycles. The second-order valence-corrected chi connectivity index (χ2v) is 7.52. The minimum absolute atomic E-state index is 0.00716. The van der Waals surface area contributed by atoms with Crippen molar-refractivity contribution in [2.24, 2.45) is 0 Å². The van der Waals surface area contributed by atoms with Gasteiger partial charge in [0.2, 0.25) is 0 Å². The lowest BCUT2D eigenvalue weighted by molar-refractivity contribution is 0.0518. The Morgan fingerprint density at radius 1 is 1.17 bits per heavy atom. The van der Waals surface area contributed by atoms with Gasteiger partial charge in [0.1, 0.15) is 4.88 Å². The quantitative estimate of drug-likeness (QED) is 0.646. The molecule has 3 rings (SSSR count). The highest BCUT2D eigenvalue weighted by molar-refractivity contribution is 7.13. The van der Waals surface area contributed by atoms with Gasteiger partial charge in [-0.15, -0.1) is 11.3 Å². The largest absolute Gasteiger partial charge is 0.461 e. The highest BCUT2D eigenvalue weighted by Crippen LogP contribution is 2.20. The fraction of sp³-hybridized carbons (Fsp3) is 0.250. The lowest BCUT2D eigenvalue weighted by Crippen LogP contribution is -2.27. The standard InChI is InChI=1S/C20H20N4O4S/c1-5-28-20(27)17-15(22-19(26)18-12(3)21-13(4)29-18)10-16(25)24(23-17)14-8-6-11(2)7-9-14/h6-10H,5H2,1-4H3,(H,22,26). The molecular formula is C20H20N4O4S. The minimum atomic E-state index is -0.735. The summed E-state index contributed by atoms with van der Waals surface area (Å²) in [5.74, 6) is -1.20. The average Bonchev–Trinajstić information content (AvgIpc) is 3.01. The van der Waals surface area contributed by atoms with E-state index >= 15 is 0 Å². The van der Waals surface area contributed by atoms with Gasteiger partial charge in [-0.1, -0.05) is 17.7 Å². The molecule has 1 N–H and O–H groups in total. The van der Waals surface area contributed by atoms with E-state index in [9.17, 15) is 14.4 Å². The fourth-order valence-corrected chi connectivity index (χ4v) is 3.51. The molecule has 8 nitrogen and oxygen atoms in total. The maximum atomic E-state index is 12.7. The Labute approximate surface area is 171 Å². The van der Waals surface area contributed by atoms with Gasteiger partial charge in [-0.25, -0.2) is 9.78 Å². The van der Waals surface area contributed by atoms with Crippen LogP contribution in [0.4, 0.5) is 5.69 Å². The average molecular weight is 412 g/mol. The molecule has 0 fully saturated rings. The van der Waals surface area contributed by atoms with Gasteiger partial charge in [-0.05, 0) is 39.8 Å². The van der Waals surface area contributed by atoms with Crippen LogP contribution in [0.25, 0.3) is 5.69 Å². The van der Waals surface area contributed by atoms with Crippen molar-refractivity contribution in [1.82, 2.24) is 14.8 Å². The first-order chi connectivity index (χ1) is 13.8. The number of rotatable bonds is 5. The van der Waals surface area contributed by atoms with Crippen molar-refractivity contribution in [3.8, 4) is 5.69 Å². The van der Waals surface area contributed by atoms with Gasteiger partial charge in [-0.2, -0.15) is 9.78 Å². The number of aromatic nitrogens is 3. The Morgan fingerprint density at radius 3 is 2.45 bits per heavy atom. The zero-order valence-corrected chi connectivity index (χ0v) is 17.3. The molecule has 0 saturated heterocycles. The third-order valence-corrected chi connectivity index (χ3v) is 5.11. The Bertz CT molecular complexity index is 1130. The summed E-state index contributed by atoms with van der Waals surface area (Å²) in [7, 11) is 0. The molecule has 1 aromatic carbocycles. The molecule has 0 radical (unpaired) electrons. The Kier molecular flexibility index (Phi) is 5.88. The van der Waals surface area contributed by atoms with Crippen LogP contribution in [0, 0.1) is 20.8 Å². The summed E-state index contributed by atoms with van der Waals surface area (Å²) in [5, 5.41) is 7.51. The van der Waals surface area contributed by atoms with Gasteiger partial charge >= 0.3 is 5.97 Å². The van der Waals surface area contributed by atoms with Crippen LogP contribution in [-0.4, -0.2) is 33.2 Å². The van der Waals surface area contributed by atoms with E-state index in [0.29, 0.717) is 16.3 Å². The minimum Gasteiger partial charge on any atom is -0.461 e. The van der Waals surface area contributed by atoms with E-state index in [4.69, 9.17) is 4.74 Å². The van der Waals surface area contributed by atoms with Crippen molar-refractivity contribution >= 4 is 28.9 Å². The summed E-state index contributed by atoms with van der Waals surface area (Å²) in [6.07, 6.45) is 0. The van der Waals surface area contributed by atoms with Crippen molar-refractivity contribution in [3.63, 3.8) is 0 Å². The second-order valence-electron chi connectivity index (χ2n) is 6.31. The number of benzene rings is 1. The lowest BCUT2D eigenvalue weighted by Gasteiger charge is -2.12. The number of nitrogens with zero attached hydrogens (tertiary/aromatic N) is 3. The molecule has 0 saturated carbocycles. The van der Waals surface area contributed by atoms with E-state index in [1.807, 2.05) is 19.1 Å². The van der Waals surface area contributed by atoms with Crippen LogP contribution in [0.5, 0.6) is 0 Å². The van der Waals surface area contributed by atoms with E-state index in [0.717, 1.165) is 15.3 Å². The summed E-state index contributed by atoms with van der Waals surface area (Å²) in [4.78, 5) is 42.4. The number of hydrogen-bond donors (Lipinski definition) is 1. The predicted molar refractivity (Wildman–Crippen MR) is 110 cm³/mol. The number of amides is 1. The topological polar surface area (TPSA) is 103 Å². The van der Waals surface area contributed by atoms with Crippen LogP contribution < -0.4 is 10.9 Å². The first-order valence-corrected chi connectivity index (χ1v) is 9.75. The van der Waals surface area contributed by atoms with Gasteiger partial charge in [0.05, 0.1) is 28.7 Å². The Hall–Kier alpha value is -3.33. The molecule has 0 bridgehead atoms. The van der Waals surface area contributed by atoms with E-state index in [1.165, 1.54) is 17.4 Å². The number of thiazole rings is 1. The van der Waals surface area contributed by atoms with Crippen LogP contribution >= 0.6 is 11.3 Å². The molecule has 0 aliphatic rings. The van der Waals surface area contributed by atoms with Gasteiger partial charge in [0.25, 0.3) is 11.5 Å². The van der Waals surface area contributed by atoms with E-state index in [-0.39, 0.29) is 18.0 Å². The first-order valence-electron chi connectivity index (χ1n) is 8.94. The van der Waals surface area contributed by atoms with Crippen molar-refractivity contribution in [1.29, 1.82) is 0 Å². The number of hydrogen-bond acceptors (Lipinski definition) is 7. The zero-order valence-electron chi connectivity index (χ0n) is 16.5. The van der Waals surface area contributed by atoms with Crippen molar-refractivity contribution in [2.75, 3.05) is 11.9 Å². The summed E-state index contributed by atoms with van der Waals surface area (Å²) in [6, 6.07) is 8.27. The molecule has 0 atom stereocenters. The van der Waals surface area contributed by atoms with Gasteiger partial charge in [-0.3, -0.25) is 9.59 Å². The number of esters is 1. The number of aryl methyl sites for hydroxylation is 3. The van der Waals surface area contributed by atoms with Crippen LogP contribution in [0.3, 0.4) is 0 Å².